The van der Waals surface area contributed by atoms with Gasteiger partial charge in [0.15, 0.2) is 0 Å². The Morgan fingerprint density at radius 2 is 1.64 bits per heavy atom. The van der Waals surface area contributed by atoms with Crippen molar-refractivity contribution >= 4 is 11.7 Å². The van der Waals surface area contributed by atoms with Crippen molar-refractivity contribution < 1.29 is 18.3 Å². The van der Waals surface area contributed by atoms with Crippen molar-refractivity contribution in [2.75, 3.05) is 5.32 Å². The van der Waals surface area contributed by atoms with Crippen molar-refractivity contribution in [3.63, 3.8) is 0 Å². The Hall–Kier alpha value is -2.63. The number of benzene rings is 2. The van der Waals surface area contributed by atoms with Crippen molar-refractivity contribution in [3.05, 3.63) is 60.2 Å². The lowest BCUT2D eigenvalue weighted by Crippen LogP contribution is -2.41. The van der Waals surface area contributed by atoms with E-state index in [-0.39, 0.29) is 23.7 Å². The number of rotatable bonds is 4. The number of carbonyl (C=O) groups excluding carboxylic acids is 1. The Labute approximate surface area is 145 Å². The van der Waals surface area contributed by atoms with Crippen LogP contribution in [0.4, 0.5) is 19.3 Å². The monoisotopic (exact) mass is 346 g/mol. The Balaban J connectivity index is 1.43. The largest absolute Gasteiger partial charge is 0.490 e. The lowest BCUT2D eigenvalue weighted by atomic mass is 9.93. The van der Waals surface area contributed by atoms with Crippen LogP contribution in [0.1, 0.15) is 25.7 Å². The highest BCUT2D eigenvalue weighted by Gasteiger charge is 2.23. The molecule has 0 aromatic heterocycles. The second kappa shape index (κ2) is 7.96. The summed E-state index contributed by atoms with van der Waals surface area (Å²) in [6.45, 7) is 0. The molecule has 0 heterocycles. The highest BCUT2D eigenvalue weighted by atomic mass is 19.1. The van der Waals surface area contributed by atoms with E-state index in [9.17, 15) is 13.6 Å². The summed E-state index contributed by atoms with van der Waals surface area (Å²) in [6.07, 6.45) is 3.19. The molecule has 0 spiro atoms. The van der Waals surface area contributed by atoms with E-state index >= 15 is 0 Å². The maximum atomic E-state index is 13.5. The fourth-order valence-corrected chi connectivity index (χ4v) is 2.94. The Kier molecular flexibility index (Phi) is 5.48. The summed E-state index contributed by atoms with van der Waals surface area (Å²) in [5.74, 6) is -0.106. The van der Waals surface area contributed by atoms with Crippen LogP contribution >= 0.6 is 0 Å². The number of hydrogen-bond donors (Lipinski definition) is 2. The molecule has 2 N–H and O–H groups in total. The summed E-state index contributed by atoms with van der Waals surface area (Å²) in [5.41, 5.74) is 0.160. The first-order valence-electron chi connectivity index (χ1n) is 8.34. The third-order valence-corrected chi connectivity index (χ3v) is 4.25. The number of para-hydroxylation sites is 1. The molecule has 0 radical (unpaired) electrons. The Morgan fingerprint density at radius 3 is 2.32 bits per heavy atom. The van der Waals surface area contributed by atoms with Crippen LogP contribution in [0.3, 0.4) is 0 Å². The minimum absolute atomic E-state index is 0.0276. The number of halogens is 2. The zero-order valence-electron chi connectivity index (χ0n) is 13.7. The first-order valence-corrected chi connectivity index (χ1v) is 8.34. The van der Waals surface area contributed by atoms with Gasteiger partial charge in [-0.3, -0.25) is 0 Å². The molecule has 0 bridgehead atoms. The van der Waals surface area contributed by atoms with Crippen LogP contribution in [0, 0.1) is 11.6 Å². The molecule has 0 saturated heterocycles. The molecule has 2 aromatic rings. The normalized spacial score (nSPS) is 19.9. The first kappa shape index (κ1) is 17.2. The van der Waals surface area contributed by atoms with Gasteiger partial charge in [-0.05, 0) is 62.1 Å². The van der Waals surface area contributed by atoms with Gasteiger partial charge in [0.05, 0.1) is 11.8 Å². The summed E-state index contributed by atoms with van der Waals surface area (Å²) in [6, 6.07) is 11.6. The molecule has 2 aromatic carbocycles. The predicted octanol–water partition coefficient (Wildman–Crippen LogP) is 4.48. The predicted molar refractivity (Wildman–Crippen MR) is 91.6 cm³/mol. The summed E-state index contributed by atoms with van der Waals surface area (Å²) in [5, 5.41) is 5.39. The molecule has 132 valence electrons. The van der Waals surface area contributed by atoms with E-state index in [1.165, 1.54) is 24.3 Å². The molecule has 2 amide bonds. The van der Waals surface area contributed by atoms with E-state index in [1.54, 1.807) is 24.3 Å². The summed E-state index contributed by atoms with van der Waals surface area (Å²) < 4.78 is 32.3. The van der Waals surface area contributed by atoms with Crippen molar-refractivity contribution in [2.24, 2.45) is 0 Å². The van der Waals surface area contributed by atoms with Gasteiger partial charge in [-0.25, -0.2) is 13.6 Å². The Bertz CT molecular complexity index is 714. The van der Waals surface area contributed by atoms with E-state index < -0.39 is 11.8 Å². The van der Waals surface area contributed by atoms with E-state index in [1.807, 2.05) is 0 Å². The lowest BCUT2D eigenvalue weighted by molar-refractivity contribution is 0.141. The standard InChI is InChI=1S/C19H20F2N2O2/c20-13-5-9-15(10-6-13)25-16-11-7-14(8-12-16)22-19(24)23-18-4-2-1-3-17(18)21/h1-6,9-10,14,16H,7-8,11-12H2,(H2,22,23,24). The summed E-state index contributed by atoms with van der Waals surface area (Å²) in [4.78, 5) is 12.0. The van der Waals surface area contributed by atoms with Crippen molar-refractivity contribution in [1.82, 2.24) is 5.32 Å². The van der Waals surface area contributed by atoms with Gasteiger partial charge < -0.3 is 15.4 Å². The fourth-order valence-electron chi connectivity index (χ4n) is 2.94. The van der Waals surface area contributed by atoms with Crippen LogP contribution in [0.25, 0.3) is 0 Å². The number of anilines is 1. The topological polar surface area (TPSA) is 50.4 Å². The highest BCUT2D eigenvalue weighted by Crippen LogP contribution is 2.24. The number of hydrogen-bond acceptors (Lipinski definition) is 2. The van der Waals surface area contributed by atoms with Crippen LogP contribution in [0.5, 0.6) is 5.75 Å². The molecule has 6 heteroatoms. The van der Waals surface area contributed by atoms with Crippen LogP contribution in [0.2, 0.25) is 0 Å². The molecular formula is C19H20F2N2O2. The number of amides is 2. The third-order valence-electron chi connectivity index (χ3n) is 4.25. The van der Waals surface area contributed by atoms with Crippen molar-refractivity contribution in [2.45, 2.75) is 37.8 Å². The van der Waals surface area contributed by atoms with E-state index in [2.05, 4.69) is 10.6 Å². The smallest absolute Gasteiger partial charge is 0.319 e. The zero-order valence-corrected chi connectivity index (χ0v) is 13.7. The van der Waals surface area contributed by atoms with Crippen LogP contribution < -0.4 is 15.4 Å². The second-order valence-corrected chi connectivity index (χ2v) is 6.12. The molecule has 1 aliphatic rings. The molecule has 3 rings (SSSR count). The molecular weight excluding hydrogens is 326 g/mol. The number of ether oxygens (including phenoxy) is 1. The van der Waals surface area contributed by atoms with Crippen molar-refractivity contribution in [3.8, 4) is 5.75 Å². The number of nitrogens with one attached hydrogen (secondary N) is 2. The fraction of sp³-hybridized carbons (Fsp3) is 0.316. The maximum absolute atomic E-state index is 13.5. The van der Waals surface area contributed by atoms with E-state index in [0.717, 1.165) is 25.7 Å². The zero-order chi connectivity index (χ0) is 17.6. The molecule has 1 fully saturated rings. The average molecular weight is 346 g/mol. The van der Waals surface area contributed by atoms with E-state index in [0.29, 0.717) is 5.75 Å². The average Bonchev–Trinajstić information content (AvgIpc) is 2.61. The molecule has 1 aliphatic carbocycles. The van der Waals surface area contributed by atoms with Gasteiger partial charge in [0.2, 0.25) is 0 Å². The first-order chi connectivity index (χ1) is 12.1. The van der Waals surface area contributed by atoms with Gasteiger partial charge in [-0.15, -0.1) is 0 Å². The molecule has 1 saturated carbocycles. The molecule has 0 unspecified atom stereocenters. The minimum atomic E-state index is -0.464. The summed E-state index contributed by atoms with van der Waals surface area (Å²) in [7, 11) is 0. The Morgan fingerprint density at radius 1 is 0.960 bits per heavy atom. The quantitative estimate of drug-likeness (QED) is 0.858. The highest BCUT2D eigenvalue weighted by molar-refractivity contribution is 5.89. The second-order valence-electron chi connectivity index (χ2n) is 6.12. The maximum Gasteiger partial charge on any atom is 0.319 e. The van der Waals surface area contributed by atoms with Gasteiger partial charge in [0, 0.05) is 6.04 Å². The molecule has 0 aliphatic heterocycles. The number of carbonyl (C=O) groups is 1. The van der Waals surface area contributed by atoms with Crippen LogP contribution in [-0.4, -0.2) is 18.2 Å². The minimum Gasteiger partial charge on any atom is -0.490 e. The molecule has 4 nitrogen and oxygen atoms in total. The molecule has 0 atom stereocenters. The SMILES string of the molecule is O=C(Nc1ccccc1F)NC1CCC(Oc2ccc(F)cc2)CC1. The van der Waals surface area contributed by atoms with Gasteiger partial charge in [0.25, 0.3) is 0 Å². The molecule has 25 heavy (non-hydrogen) atoms. The van der Waals surface area contributed by atoms with Gasteiger partial charge in [-0.2, -0.15) is 0 Å². The third kappa shape index (κ3) is 4.92. The number of urea groups is 1. The van der Waals surface area contributed by atoms with Crippen LogP contribution in [0.15, 0.2) is 48.5 Å². The van der Waals surface area contributed by atoms with E-state index in [4.69, 9.17) is 4.74 Å². The van der Waals surface area contributed by atoms with Crippen LogP contribution in [-0.2, 0) is 0 Å². The lowest BCUT2D eigenvalue weighted by Gasteiger charge is -2.29. The van der Waals surface area contributed by atoms with Crippen molar-refractivity contribution in [1.29, 1.82) is 0 Å². The van der Waals surface area contributed by atoms with Gasteiger partial charge in [-0.1, -0.05) is 12.1 Å². The summed E-state index contributed by atoms with van der Waals surface area (Å²) >= 11 is 0. The van der Waals surface area contributed by atoms with Gasteiger partial charge >= 0.3 is 6.03 Å². The van der Waals surface area contributed by atoms with Gasteiger partial charge in [0.1, 0.15) is 17.4 Å².